The van der Waals surface area contributed by atoms with E-state index in [-0.39, 0.29) is 10.8 Å². The molecule has 1 aliphatic rings. The van der Waals surface area contributed by atoms with Gasteiger partial charge in [-0.25, -0.2) is 8.42 Å². The fraction of sp³-hybridized carbons (Fsp3) is 0.316. The molecule has 3 rings (SSSR count). The summed E-state index contributed by atoms with van der Waals surface area (Å²) in [7, 11) is -0.994. The summed E-state index contributed by atoms with van der Waals surface area (Å²) >= 11 is 3.38. The van der Waals surface area contributed by atoms with Gasteiger partial charge in [-0.1, -0.05) is 22.9 Å². The molecule has 0 atom stereocenters. The van der Waals surface area contributed by atoms with Crippen LogP contribution in [0.2, 0.25) is 0 Å². The van der Waals surface area contributed by atoms with Crippen molar-refractivity contribution >= 4 is 43.2 Å². The number of fused-ring (bicyclic) bond motifs is 1. The lowest BCUT2D eigenvalue weighted by molar-refractivity contribution is -0.118. The van der Waals surface area contributed by atoms with Gasteiger partial charge in [-0.15, -0.1) is 0 Å². The Morgan fingerprint density at radius 3 is 2.36 bits per heavy atom. The number of anilines is 2. The molecule has 0 aromatic heterocycles. The topological polar surface area (TPSA) is 84.9 Å². The maximum atomic E-state index is 13.2. The third kappa shape index (κ3) is 3.95. The summed E-state index contributed by atoms with van der Waals surface area (Å²) in [6.07, 6.45) is 0.908. The highest BCUT2D eigenvalue weighted by molar-refractivity contribution is 9.10. The van der Waals surface area contributed by atoms with Gasteiger partial charge in [0.2, 0.25) is 5.91 Å². The second-order valence-corrected chi connectivity index (χ2v) is 8.83. The molecule has 0 fully saturated rings. The van der Waals surface area contributed by atoms with E-state index in [2.05, 4.69) is 20.7 Å². The number of methoxy groups -OCH3 is 2. The molecule has 1 amide bonds. The first kappa shape index (κ1) is 20.5. The van der Waals surface area contributed by atoms with Crippen molar-refractivity contribution in [2.75, 3.05) is 30.4 Å². The fourth-order valence-corrected chi connectivity index (χ4v) is 5.16. The van der Waals surface area contributed by atoms with Crippen LogP contribution in [0.15, 0.2) is 39.7 Å². The van der Waals surface area contributed by atoms with E-state index in [1.54, 1.807) is 30.0 Å². The van der Waals surface area contributed by atoms with E-state index in [9.17, 15) is 13.2 Å². The molecule has 1 heterocycles. The van der Waals surface area contributed by atoms with Crippen LogP contribution in [0.25, 0.3) is 0 Å². The fourth-order valence-electron chi connectivity index (χ4n) is 3.19. The third-order valence-corrected chi connectivity index (χ3v) is 6.34. The van der Waals surface area contributed by atoms with E-state index in [1.807, 2.05) is 6.07 Å². The highest BCUT2D eigenvalue weighted by atomic mass is 79.9. The van der Waals surface area contributed by atoms with Crippen molar-refractivity contribution in [2.24, 2.45) is 0 Å². The zero-order chi connectivity index (χ0) is 20.5. The number of benzene rings is 2. The number of rotatable bonds is 6. The largest absolute Gasteiger partial charge is 0.497 e. The minimum absolute atomic E-state index is 0.0537. The molecule has 1 N–H and O–H groups in total. The smallest absolute Gasteiger partial charge is 0.264 e. The molecule has 0 saturated heterocycles. The monoisotopic (exact) mass is 468 g/mol. The zero-order valence-corrected chi connectivity index (χ0v) is 18.2. The summed E-state index contributed by atoms with van der Waals surface area (Å²) in [5.41, 5.74) is 1.56. The molecule has 0 spiro atoms. The molecule has 0 bridgehead atoms. The number of carbonyl (C=O) groups excluding carboxylic acids is 1. The first-order chi connectivity index (χ1) is 13.3. The van der Waals surface area contributed by atoms with Crippen LogP contribution < -0.4 is 19.1 Å². The second-order valence-electron chi connectivity index (χ2n) is 6.27. The Labute approximate surface area is 172 Å². The molecule has 1 aliphatic heterocycles. The predicted molar refractivity (Wildman–Crippen MR) is 111 cm³/mol. The molecule has 2 aromatic rings. The van der Waals surface area contributed by atoms with E-state index < -0.39 is 10.0 Å². The summed E-state index contributed by atoms with van der Waals surface area (Å²) < 4.78 is 40.0. The van der Waals surface area contributed by atoms with Crippen LogP contribution in [0.1, 0.15) is 18.9 Å². The van der Waals surface area contributed by atoms with E-state index in [0.717, 1.165) is 5.56 Å². The summed E-state index contributed by atoms with van der Waals surface area (Å²) in [4.78, 5) is 13.9. The van der Waals surface area contributed by atoms with Crippen LogP contribution >= 0.6 is 15.9 Å². The van der Waals surface area contributed by atoms with Gasteiger partial charge in [-0.3, -0.25) is 9.52 Å². The van der Waals surface area contributed by atoms with E-state index in [4.69, 9.17) is 9.47 Å². The van der Waals surface area contributed by atoms with Gasteiger partial charge in [0.15, 0.2) is 0 Å². The number of carbonyl (C=O) groups is 1. The molecule has 150 valence electrons. The maximum absolute atomic E-state index is 13.2. The predicted octanol–water partition coefficient (Wildman–Crippen LogP) is 3.57. The highest BCUT2D eigenvalue weighted by Gasteiger charge is 2.32. The van der Waals surface area contributed by atoms with Crippen molar-refractivity contribution in [2.45, 2.75) is 24.7 Å². The van der Waals surface area contributed by atoms with Crippen molar-refractivity contribution in [1.82, 2.24) is 0 Å². The SMILES string of the molecule is CCC(=O)N1CCc2cc(Br)cc(S(=O)(=O)Nc3cc(OC)cc(OC)c3)c21. The number of ether oxygens (including phenoxy) is 2. The van der Waals surface area contributed by atoms with Crippen molar-refractivity contribution in [3.05, 3.63) is 40.4 Å². The Morgan fingerprint density at radius 1 is 1.14 bits per heavy atom. The summed E-state index contributed by atoms with van der Waals surface area (Å²) in [6, 6.07) is 8.14. The number of nitrogens with zero attached hydrogens (tertiary/aromatic N) is 1. The van der Waals surface area contributed by atoms with Crippen molar-refractivity contribution in [3.63, 3.8) is 0 Å². The maximum Gasteiger partial charge on any atom is 0.264 e. The average Bonchev–Trinajstić information content (AvgIpc) is 3.09. The zero-order valence-electron chi connectivity index (χ0n) is 15.8. The Hall–Kier alpha value is -2.26. The minimum Gasteiger partial charge on any atom is -0.497 e. The quantitative estimate of drug-likeness (QED) is 0.700. The molecule has 0 saturated carbocycles. The van der Waals surface area contributed by atoms with Crippen molar-refractivity contribution in [1.29, 1.82) is 0 Å². The molecule has 7 nitrogen and oxygen atoms in total. The Bertz CT molecular complexity index is 1000. The lowest BCUT2D eigenvalue weighted by Gasteiger charge is -2.21. The number of amides is 1. The first-order valence-electron chi connectivity index (χ1n) is 8.67. The molecule has 9 heteroatoms. The second kappa shape index (κ2) is 8.00. The highest BCUT2D eigenvalue weighted by Crippen LogP contribution is 2.39. The van der Waals surface area contributed by atoms with Gasteiger partial charge in [0, 0.05) is 35.6 Å². The number of halogens is 1. The first-order valence-corrected chi connectivity index (χ1v) is 11.0. The molecule has 2 aromatic carbocycles. The van der Waals surface area contributed by atoms with Gasteiger partial charge in [0.05, 0.1) is 25.6 Å². The molecule has 28 heavy (non-hydrogen) atoms. The van der Waals surface area contributed by atoms with Gasteiger partial charge in [0.25, 0.3) is 10.0 Å². The van der Waals surface area contributed by atoms with Crippen molar-refractivity contribution in [3.8, 4) is 11.5 Å². The van der Waals surface area contributed by atoms with Crippen LogP contribution in [0.3, 0.4) is 0 Å². The summed E-state index contributed by atoms with van der Waals surface area (Å²) in [5.74, 6) is 0.805. The molecule has 0 unspecified atom stereocenters. The van der Waals surface area contributed by atoms with Crippen LogP contribution in [0, 0.1) is 0 Å². The van der Waals surface area contributed by atoms with E-state index >= 15 is 0 Å². The Morgan fingerprint density at radius 2 is 1.79 bits per heavy atom. The van der Waals surface area contributed by atoms with Crippen LogP contribution in [0.4, 0.5) is 11.4 Å². The molecule has 0 aliphatic carbocycles. The molecule has 0 radical (unpaired) electrons. The van der Waals surface area contributed by atoms with Crippen LogP contribution in [0.5, 0.6) is 11.5 Å². The molecular weight excluding hydrogens is 448 g/mol. The number of hydrogen-bond donors (Lipinski definition) is 1. The average molecular weight is 469 g/mol. The lowest BCUT2D eigenvalue weighted by Crippen LogP contribution is -2.29. The van der Waals surface area contributed by atoms with Gasteiger partial charge in [-0.05, 0) is 24.1 Å². The van der Waals surface area contributed by atoms with Gasteiger partial charge in [-0.2, -0.15) is 0 Å². The van der Waals surface area contributed by atoms with Gasteiger partial charge >= 0.3 is 0 Å². The van der Waals surface area contributed by atoms with Crippen LogP contribution in [-0.2, 0) is 21.2 Å². The van der Waals surface area contributed by atoms with Crippen LogP contribution in [-0.4, -0.2) is 35.1 Å². The standard InChI is InChI=1S/C19H21BrN2O5S/c1-4-18(23)22-6-5-12-7-13(20)8-17(19(12)22)28(24,25)21-14-9-15(26-2)11-16(10-14)27-3/h7-11,21H,4-6H2,1-3H3. The number of sulfonamides is 1. The lowest BCUT2D eigenvalue weighted by atomic mass is 10.2. The van der Waals surface area contributed by atoms with Gasteiger partial charge < -0.3 is 14.4 Å². The van der Waals surface area contributed by atoms with E-state index in [1.165, 1.54) is 20.3 Å². The van der Waals surface area contributed by atoms with E-state index in [0.29, 0.717) is 46.7 Å². The van der Waals surface area contributed by atoms with Gasteiger partial charge in [0.1, 0.15) is 16.4 Å². The molecular formula is C19H21BrN2O5S. The number of nitrogens with one attached hydrogen (secondary N) is 1. The normalized spacial score (nSPS) is 13.2. The van der Waals surface area contributed by atoms with Crippen molar-refractivity contribution < 1.29 is 22.7 Å². The Balaban J connectivity index is 2.07. The summed E-state index contributed by atoms with van der Waals surface area (Å²) in [5, 5.41) is 0. The summed E-state index contributed by atoms with van der Waals surface area (Å²) in [6.45, 7) is 2.22. The number of hydrogen-bond acceptors (Lipinski definition) is 5. The Kier molecular flexibility index (Phi) is 5.85. The minimum atomic E-state index is -3.97. The third-order valence-electron chi connectivity index (χ3n) is 4.49.